The monoisotopic (exact) mass is 260 g/mol. The number of nitrogens with one attached hydrogen (secondary N) is 2. The van der Waals surface area contributed by atoms with E-state index >= 15 is 0 Å². The van der Waals surface area contributed by atoms with Gasteiger partial charge in [-0.05, 0) is 0 Å². The zero-order valence-electron chi connectivity index (χ0n) is 9.42. The van der Waals surface area contributed by atoms with E-state index in [4.69, 9.17) is 4.74 Å². The standard InChI is InChI=1S/C9H16N4O3S/c14-17(15,13-3-5-16-6-4-13)12-2-1-9-7-10-8-11-9/h7-8,12H,1-6H2,(H,10,11). The smallest absolute Gasteiger partial charge is 0.279 e. The zero-order chi connectivity index (χ0) is 12.1. The predicted octanol–water partition coefficient (Wildman–Crippen LogP) is -0.881. The number of imidazole rings is 1. The fourth-order valence-electron chi connectivity index (χ4n) is 1.61. The molecule has 1 aromatic rings. The number of aromatic nitrogens is 2. The Morgan fingerprint density at radius 1 is 1.47 bits per heavy atom. The molecule has 1 aliphatic rings. The first-order valence-corrected chi connectivity index (χ1v) is 6.92. The minimum absolute atomic E-state index is 0.363. The van der Waals surface area contributed by atoms with E-state index in [1.54, 1.807) is 12.5 Å². The van der Waals surface area contributed by atoms with Gasteiger partial charge in [0.25, 0.3) is 10.2 Å². The molecule has 1 aliphatic heterocycles. The van der Waals surface area contributed by atoms with Crippen LogP contribution in [0.4, 0.5) is 0 Å². The van der Waals surface area contributed by atoms with Crippen LogP contribution in [0.2, 0.25) is 0 Å². The molecule has 2 N–H and O–H groups in total. The van der Waals surface area contributed by atoms with Crippen molar-refractivity contribution in [2.45, 2.75) is 6.42 Å². The van der Waals surface area contributed by atoms with Gasteiger partial charge in [-0.3, -0.25) is 0 Å². The molecule has 0 unspecified atom stereocenters. The van der Waals surface area contributed by atoms with Crippen LogP contribution in [0, 0.1) is 0 Å². The van der Waals surface area contributed by atoms with E-state index in [0.29, 0.717) is 39.3 Å². The third-order valence-electron chi connectivity index (χ3n) is 2.54. The molecule has 1 saturated heterocycles. The van der Waals surface area contributed by atoms with Gasteiger partial charge < -0.3 is 9.72 Å². The predicted molar refractivity (Wildman–Crippen MR) is 61.6 cm³/mol. The highest BCUT2D eigenvalue weighted by atomic mass is 32.2. The van der Waals surface area contributed by atoms with Crippen molar-refractivity contribution >= 4 is 10.2 Å². The lowest BCUT2D eigenvalue weighted by Gasteiger charge is -2.25. The minimum Gasteiger partial charge on any atom is -0.379 e. The Bertz CT molecular complexity index is 425. The van der Waals surface area contributed by atoms with Gasteiger partial charge in [-0.25, -0.2) is 9.71 Å². The maximum Gasteiger partial charge on any atom is 0.279 e. The largest absolute Gasteiger partial charge is 0.379 e. The van der Waals surface area contributed by atoms with Gasteiger partial charge in [0.05, 0.1) is 19.5 Å². The van der Waals surface area contributed by atoms with Gasteiger partial charge in [0, 0.05) is 37.9 Å². The Morgan fingerprint density at radius 3 is 2.88 bits per heavy atom. The van der Waals surface area contributed by atoms with Crippen molar-refractivity contribution in [1.82, 2.24) is 19.0 Å². The van der Waals surface area contributed by atoms with Crippen molar-refractivity contribution < 1.29 is 13.2 Å². The van der Waals surface area contributed by atoms with Gasteiger partial charge in [-0.1, -0.05) is 0 Å². The summed E-state index contributed by atoms with van der Waals surface area (Å²) in [6.45, 7) is 2.11. The second kappa shape index (κ2) is 5.58. The Labute approximate surface area is 100 Å². The minimum atomic E-state index is -3.37. The van der Waals surface area contributed by atoms with Crippen LogP contribution in [0.5, 0.6) is 0 Å². The number of nitrogens with zero attached hydrogens (tertiary/aromatic N) is 2. The number of aromatic amines is 1. The Morgan fingerprint density at radius 2 is 2.24 bits per heavy atom. The average Bonchev–Trinajstić information content (AvgIpc) is 2.83. The summed E-state index contributed by atoms with van der Waals surface area (Å²) in [7, 11) is -3.37. The van der Waals surface area contributed by atoms with E-state index in [1.165, 1.54) is 4.31 Å². The number of hydrogen-bond donors (Lipinski definition) is 2. The molecule has 1 fully saturated rings. The molecule has 0 bridgehead atoms. The second-order valence-corrected chi connectivity index (χ2v) is 5.49. The number of rotatable bonds is 5. The molecule has 7 nitrogen and oxygen atoms in total. The van der Waals surface area contributed by atoms with Crippen LogP contribution in [0.1, 0.15) is 5.69 Å². The van der Waals surface area contributed by atoms with Crippen LogP contribution in [0.3, 0.4) is 0 Å². The van der Waals surface area contributed by atoms with Crippen LogP contribution in [-0.2, 0) is 21.4 Å². The molecule has 0 radical (unpaired) electrons. The number of morpholine rings is 1. The van der Waals surface area contributed by atoms with Crippen molar-refractivity contribution in [3.05, 3.63) is 18.2 Å². The number of ether oxygens (including phenoxy) is 1. The van der Waals surface area contributed by atoms with Crippen LogP contribution < -0.4 is 4.72 Å². The summed E-state index contributed by atoms with van der Waals surface area (Å²) in [4.78, 5) is 6.79. The van der Waals surface area contributed by atoms with Gasteiger partial charge in [-0.15, -0.1) is 0 Å². The lowest BCUT2D eigenvalue weighted by Crippen LogP contribution is -2.47. The lowest BCUT2D eigenvalue weighted by atomic mass is 10.3. The summed E-state index contributed by atoms with van der Waals surface area (Å²) in [5, 5.41) is 0. The topological polar surface area (TPSA) is 87.3 Å². The third kappa shape index (κ3) is 3.50. The van der Waals surface area contributed by atoms with Crippen molar-refractivity contribution in [3.8, 4) is 0 Å². The highest BCUT2D eigenvalue weighted by molar-refractivity contribution is 7.87. The molecule has 8 heteroatoms. The first kappa shape index (κ1) is 12.5. The molecular formula is C9H16N4O3S. The molecule has 1 aromatic heterocycles. The Kier molecular flexibility index (Phi) is 4.11. The molecule has 0 saturated carbocycles. The zero-order valence-corrected chi connectivity index (χ0v) is 10.2. The van der Waals surface area contributed by atoms with Gasteiger partial charge >= 0.3 is 0 Å². The number of hydrogen-bond acceptors (Lipinski definition) is 4. The van der Waals surface area contributed by atoms with Crippen molar-refractivity contribution in [2.75, 3.05) is 32.8 Å². The van der Waals surface area contributed by atoms with Gasteiger partial charge in [-0.2, -0.15) is 12.7 Å². The molecule has 0 aliphatic carbocycles. The van der Waals surface area contributed by atoms with Gasteiger partial charge in [0.15, 0.2) is 0 Å². The maximum absolute atomic E-state index is 11.8. The molecule has 96 valence electrons. The normalized spacial score (nSPS) is 18.4. The summed E-state index contributed by atoms with van der Waals surface area (Å²) in [6.07, 6.45) is 3.86. The molecular weight excluding hydrogens is 244 g/mol. The second-order valence-electron chi connectivity index (χ2n) is 3.74. The van der Waals surface area contributed by atoms with E-state index in [2.05, 4.69) is 14.7 Å². The molecule has 0 spiro atoms. The SMILES string of the molecule is O=S(=O)(NCCc1cnc[nH]1)N1CCOCC1. The molecule has 2 heterocycles. The van der Waals surface area contributed by atoms with Crippen LogP contribution in [0.15, 0.2) is 12.5 Å². The lowest BCUT2D eigenvalue weighted by molar-refractivity contribution is 0.0725. The molecule has 17 heavy (non-hydrogen) atoms. The Hall–Kier alpha value is -0.960. The summed E-state index contributed by atoms with van der Waals surface area (Å²) >= 11 is 0. The van der Waals surface area contributed by atoms with E-state index in [1.807, 2.05) is 0 Å². The first-order chi connectivity index (χ1) is 8.18. The van der Waals surface area contributed by atoms with E-state index < -0.39 is 10.2 Å². The van der Waals surface area contributed by atoms with Crippen molar-refractivity contribution in [3.63, 3.8) is 0 Å². The van der Waals surface area contributed by atoms with Crippen LogP contribution in [0.25, 0.3) is 0 Å². The first-order valence-electron chi connectivity index (χ1n) is 5.48. The average molecular weight is 260 g/mol. The molecule has 2 rings (SSSR count). The van der Waals surface area contributed by atoms with E-state index in [9.17, 15) is 8.42 Å². The third-order valence-corrected chi connectivity index (χ3v) is 4.16. The number of H-pyrrole nitrogens is 1. The summed E-state index contributed by atoms with van der Waals surface area (Å²) in [6, 6.07) is 0. The van der Waals surface area contributed by atoms with Crippen LogP contribution >= 0.6 is 0 Å². The van der Waals surface area contributed by atoms with Crippen LogP contribution in [-0.4, -0.2) is 55.5 Å². The van der Waals surface area contributed by atoms with Crippen molar-refractivity contribution in [2.24, 2.45) is 0 Å². The summed E-state index contributed by atoms with van der Waals surface area (Å²) in [5.41, 5.74) is 0.912. The van der Waals surface area contributed by atoms with Gasteiger partial charge in [0.2, 0.25) is 0 Å². The molecule has 0 atom stereocenters. The molecule has 0 amide bonds. The maximum atomic E-state index is 11.8. The fourth-order valence-corrected chi connectivity index (χ4v) is 2.79. The summed E-state index contributed by atoms with van der Waals surface area (Å²) < 4.78 is 32.8. The molecule has 0 aromatic carbocycles. The fraction of sp³-hybridized carbons (Fsp3) is 0.667. The highest BCUT2D eigenvalue weighted by Gasteiger charge is 2.23. The highest BCUT2D eigenvalue weighted by Crippen LogP contribution is 2.02. The Balaban J connectivity index is 1.80. The van der Waals surface area contributed by atoms with Gasteiger partial charge in [0.1, 0.15) is 0 Å². The van der Waals surface area contributed by atoms with Crippen molar-refractivity contribution in [1.29, 1.82) is 0 Å². The quantitative estimate of drug-likeness (QED) is 0.719. The summed E-state index contributed by atoms with van der Waals surface area (Å²) in [5.74, 6) is 0. The van der Waals surface area contributed by atoms with E-state index in [0.717, 1.165) is 5.69 Å². The van der Waals surface area contributed by atoms with E-state index in [-0.39, 0.29) is 0 Å².